The molecule has 0 spiro atoms. The molecule has 0 radical (unpaired) electrons. The molecule has 142 valence electrons. The summed E-state index contributed by atoms with van der Waals surface area (Å²) in [6.45, 7) is 4.11. The lowest BCUT2D eigenvalue weighted by Crippen LogP contribution is -2.12. The topological polar surface area (TPSA) is 80.9 Å². The van der Waals surface area contributed by atoms with Crippen LogP contribution in [0, 0.1) is 13.8 Å². The maximum atomic E-state index is 12.3. The summed E-state index contributed by atoms with van der Waals surface area (Å²) >= 11 is 2.99. The molecule has 8 heteroatoms. The lowest BCUT2D eigenvalue weighted by Gasteiger charge is -2.04. The van der Waals surface area contributed by atoms with Crippen LogP contribution < -0.4 is 5.32 Å². The molecule has 0 fully saturated rings. The Hall–Kier alpha value is -2.84. The van der Waals surface area contributed by atoms with Gasteiger partial charge in [-0.15, -0.1) is 11.3 Å². The molecule has 0 saturated carbocycles. The zero-order valence-electron chi connectivity index (χ0n) is 15.4. The van der Waals surface area contributed by atoms with E-state index in [0.717, 1.165) is 22.4 Å². The lowest BCUT2D eigenvalue weighted by molar-refractivity contribution is -0.116. The van der Waals surface area contributed by atoms with E-state index in [1.165, 1.54) is 16.9 Å². The van der Waals surface area contributed by atoms with Gasteiger partial charge in [-0.2, -0.15) is 16.3 Å². The first-order valence-electron chi connectivity index (χ1n) is 8.76. The van der Waals surface area contributed by atoms with E-state index in [4.69, 9.17) is 4.52 Å². The van der Waals surface area contributed by atoms with Gasteiger partial charge < -0.3 is 9.84 Å². The van der Waals surface area contributed by atoms with E-state index in [-0.39, 0.29) is 12.3 Å². The molecule has 6 nitrogen and oxygen atoms in total. The highest BCUT2D eigenvalue weighted by molar-refractivity contribution is 7.14. The van der Waals surface area contributed by atoms with Crippen LogP contribution >= 0.6 is 22.7 Å². The predicted octanol–water partition coefficient (Wildman–Crippen LogP) is 5.11. The van der Waals surface area contributed by atoms with Crippen LogP contribution in [-0.4, -0.2) is 21.0 Å². The van der Waals surface area contributed by atoms with Gasteiger partial charge in [-0.1, -0.05) is 22.9 Å². The summed E-state index contributed by atoms with van der Waals surface area (Å²) < 4.78 is 5.23. The highest BCUT2D eigenvalue weighted by atomic mass is 32.1. The number of anilines is 1. The largest absolute Gasteiger partial charge is 0.339 e. The summed E-state index contributed by atoms with van der Waals surface area (Å²) in [7, 11) is 0. The molecule has 1 N–H and O–H groups in total. The number of hydrogen-bond donors (Lipinski definition) is 1. The number of carbonyl (C=O) groups excluding carboxylic acids is 1. The van der Waals surface area contributed by atoms with Crippen molar-refractivity contribution in [3.05, 3.63) is 57.4 Å². The molecular formula is C20H18N4O2S2. The fraction of sp³-hybridized carbons (Fsp3) is 0.200. The van der Waals surface area contributed by atoms with Gasteiger partial charge in [0.1, 0.15) is 0 Å². The van der Waals surface area contributed by atoms with Crippen molar-refractivity contribution in [2.24, 2.45) is 0 Å². The molecule has 0 aliphatic heterocycles. The van der Waals surface area contributed by atoms with Gasteiger partial charge in [0, 0.05) is 34.7 Å². The van der Waals surface area contributed by atoms with Crippen LogP contribution in [0.2, 0.25) is 0 Å². The van der Waals surface area contributed by atoms with E-state index in [1.54, 1.807) is 11.3 Å². The number of amides is 1. The summed E-state index contributed by atoms with van der Waals surface area (Å²) in [5.41, 5.74) is 5.22. The standard InChI is InChI=1S/C20H18N4O2S2/c1-12-3-4-13(2)15(9-12)16-11-28-20(21-16)22-17(25)5-6-18-23-19(24-26-18)14-7-8-27-10-14/h3-4,7-11H,5-6H2,1-2H3,(H,21,22,25). The van der Waals surface area contributed by atoms with Gasteiger partial charge in [0.05, 0.1) is 5.69 Å². The third-order valence-electron chi connectivity index (χ3n) is 4.23. The highest BCUT2D eigenvalue weighted by Gasteiger charge is 2.13. The second-order valence-corrected chi connectivity index (χ2v) is 8.07. The molecule has 0 saturated heterocycles. The quantitative estimate of drug-likeness (QED) is 0.478. The smallest absolute Gasteiger partial charge is 0.227 e. The van der Waals surface area contributed by atoms with Gasteiger partial charge in [-0.3, -0.25) is 4.79 Å². The van der Waals surface area contributed by atoms with E-state index in [9.17, 15) is 4.79 Å². The van der Waals surface area contributed by atoms with E-state index in [2.05, 4.69) is 52.5 Å². The van der Waals surface area contributed by atoms with Crippen molar-refractivity contribution < 1.29 is 9.32 Å². The first-order chi connectivity index (χ1) is 13.6. The average Bonchev–Trinajstić information content (AvgIpc) is 3.43. The lowest BCUT2D eigenvalue weighted by atomic mass is 10.0. The number of thiazole rings is 1. The van der Waals surface area contributed by atoms with Crippen molar-refractivity contribution in [2.45, 2.75) is 26.7 Å². The molecule has 3 heterocycles. The van der Waals surface area contributed by atoms with Gasteiger partial charge in [0.25, 0.3) is 0 Å². The van der Waals surface area contributed by atoms with Crippen LogP contribution in [0.1, 0.15) is 23.4 Å². The molecule has 3 aromatic heterocycles. The molecule has 4 aromatic rings. The first-order valence-corrected chi connectivity index (χ1v) is 10.6. The summed E-state index contributed by atoms with van der Waals surface area (Å²) in [6, 6.07) is 8.20. The molecule has 4 rings (SSSR count). The van der Waals surface area contributed by atoms with E-state index in [1.807, 2.05) is 22.2 Å². The monoisotopic (exact) mass is 410 g/mol. The van der Waals surface area contributed by atoms with Crippen molar-refractivity contribution in [2.75, 3.05) is 5.32 Å². The van der Waals surface area contributed by atoms with Gasteiger partial charge in [-0.25, -0.2) is 4.98 Å². The average molecular weight is 411 g/mol. The number of benzene rings is 1. The van der Waals surface area contributed by atoms with E-state index >= 15 is 0 Å². The summed E-state index contributed by atoms with van der Waals surface area (Å²) in [5, 5.41) is 13.3. The molecular weight excluding hydrogens is 392 g/mol. The van der Waals surface area contributed by atoms with Crippen LogP contribution in [0.25, 0.3) is 22.6 Å². The maximum absolute atomic E-state index is 12.3. The van der Waals surface area contributed by atoms with E-state index in [0.29, 0.717) is 23.3 Å². The van der Waals surface area contributed by atoms with Crippen LogP contribution in [0.3, 0.4) is 0 Å². The Kier molecular flexibility index (Phi) is 5.31. The number of hydrogen-bond acceptors (Lipinski definition) is 7. The summed E-state index contributed by atoms with van der Waals surface area (Å²) in [5.74, 6) is 0.874. The van der Waals surface area contributed by atoms with Crippen molar-refractivity contribution >= 4 is 33.7 Å². The number of nitrogens with zero attached hydrogens (tertiary/aromatic N) is 3. The molecule has 0 unspecified atom stereocenters. The van der Waals surface area contributed by atoms with E-state index < -0.39 is 0 Å². The molecule has 0 aliphatic rings. The van der Waals surface area contributed by atoms with Crippen molar-refractivity contribution in [1.82, 2.24) is 15.1 Å². The second kappa shape index (κ2) is 8.04. The Bertz CT molecular complexity index is 1100. The fourth-order valence-electron chi connectivity index (χ4n) is 2.73. The van der Waals surface area contributed by atoms with Crippen LogP contribution in [0.15, 0.2) is 44.9 Å². The number of aromatic nitrogens is 3. The third-order valence-corrected chi connectivity index (χ3v) is 5.67. The van der Waals surface area contributed by atoms with Crippen molar-refractivity contribution in [1.29, 1.82) is 0 Å². The van der Waals surface area contributed by atoms with Crippen molar-refractivity contribution in [3.63, 3.8) is 0 Å². The Balaban J connectivity index is 1.36. The van der Waals surface area contributed by atoms with Crippen molar-refractivity contribution in [3.8, 4) is 22.6 Å². The van der Waals surface area contributed by atoms with Crippen LogP contribution in [-0.2, 0) is 11.2 Å². The predicted molar refractivity (Wildman–Crippen MR) is 112 cm³/mol. The number of rotatable bonds is 6. The zero-order chi connectivity index (χ0) is 19.5. The number of aryl methyl sites for hydroxylation is 3. The highest BCUT2D eigenvalue weighted by Crippen LogP contribution is 2.28. The third kappa shape index (κ3) is 4.18. The molecule has 1 aromatic carbocycles. The zero-order valence-corrected chi connectivity index (χ0v) is 17.1. The normalized spacial score (nSPS) is 10.9. The summed E-state index contributed by atoms with van der Waals surface area (Å²) in [6.07, 6.45) is 0.641. The minimum atomic E-state index is -0.128. The Morgan fingerprint density at radius 1 is 1.18 bits per heavy atom. The van der Waals surface area contributed by atoms with Crippen LogP contribution in [0.4, 0.5) is 5.13 Å². The molecule has 1 amide bonds. The second-order valence-electron chi connectivity index (χ2n) is 6.43. The van der Waals surface area contributed by atoms with Gasteiger partial charge in [0.15, 0.2) is 5.13 Å². The molecule has 0 aliphatic carbocycles. The maximum Gasteiger partial charge on any atom is 0.227 e. The van der Waals surface area contributed by atoms with Crippen LogP contribution in [0.5, 0.6) is 0 Å². The summed E-state index contributed by atoms with van der Waals surface area (Å²) in [4.78, 5) is 21.1. The minimum Gasteiger partial charge on any atom is -0.339 e. The Morgan fingerprint density at radius 3 is 2.89 bits per heavy atom. The molecule has 28 heavy (non-hydrogen) atoms. The first kappa shape index (κ1) is 18.5. The van der Waals surface area contributed by atoms with Gasteiger partial charge in [-0.05, 0) is 36.9 Å². The number of nitrogens with one attached hydrogen (secondary N) is 1. The number of carbonyl (C=O) groups is 1. The Morgan fingerprint density at radius 2 is 2.07 bits per heavy atom. The van der Waals surface area contributed by atoms with Gasteiger partial charge in [0.2, 0.25) is 17.6 Å². The SMILES string of the molecule is Cc1ccc(C)c(-c2csc(NC(=O)CCc3nc(-c4ccsc4)no3)n2)c1. The fourth-order valence-corrected chi connectivity index (χ4v) is 4.10. The minimum absolute atomic E-state index is 0.128. The van der Waals surface area contributed by atoms with Gasteiger partial charge >= 0.3 is 0 Å². The molecule has 0 atom stereocenters. The Labute approximate surface area is 170 Å². The molecule has 0 bridgehead atoms. The number of thiophene rings is 1.